The van der Waals surface area contributed by atoms with Gasteiger partial charge in [-0.1, -0.05) is 36.4 Å². The Morgan fingerprint density at radius 3 is 2.62 bits per heavy atom. The first-order valence-electron chi connectivity index (χ1n) is 7.30. The standard InChI is InChI=1S/C15H19ClN4O2S2/c1-4-10-23-15-18-17-14(20(15)3)13(5-2)19-24(21,22)12-8-6-11(16)7-9-12/h4,6-9,13,19H,1,5,10H2,2-3H3. The molecule has 6 nitrogen and oxygen atoms in total. The fraction of sp³-hybridized carbons (Fsp3) is 0.333. The molecule has 0 aliphatic rings. The summed E-state index contributed by atoms with van der Waals surface area (Å²) in [7, 11) is -1.85. The monoisotopic (exact) mass is 386 g/mol. The molecule has 2 rings (SSSR count). The summed E-state index contributed by atoms with van der Waals surface area (Å²) in [4.78, 5) is 0.161. The molecule has 0 saturated carbocycles. The van der Waals surface area contributed by atoms with Gasteiger partial charge in [-0.3, -0.25) is 0 Å². The lowest BCUT2D eigenvalue weighted by atomic mass is 10.2. The van der Waals surface area contributed by atoms with Crippen LogP contribution in [0.2, 0.25) is 5.02 Å². The number of thioether (sulfide) groups is 1. The van der Waals surface area contributed by atoms with Crippen LogP contribution in [-0.2, 0) is 17.1 Å². The number of hydrogen-bond acceptors (Lipinski definition) is 5. The molecule has 0 fully saturated rings. The molecule has 0 saturated heterocycles. The molecule has 1 unspecified atom stereocenters. The van der Waals surface area contributed by atoms with Crippen LogP contribution in [0.4, 0.5) is 0 Å². The molecule has 1 atom stereocenters. The fourth-order valence-electron chi connectivity index (χ4n) is 2.08. The van der Waals surface area contributed by atoms with Gasteiger partial charge in [0.25, 0.3) is 0 Å². The van der Waals surface area contributed by atoms with Crippen molar-refractivity contribution in [3.8, 4) is 0 Å². The summed E-state index contributed by atoms with van der Waals surface area (Å²) in [6.45, 7) is 5.56. The molecule has 2 aromatic rings. The van der Waals surface area contributed by atoms with Gasteiger partial charge < -0.3 is 4.57 Å². The maximum absolute atomic E-state index is 12.5. The van der Waals surface area contributed by atoms with Gasteiger partial charge in [0.1, 0.15) is 0 Å². The van der Waals surface area contributed by atoms with Crippen LogP contribution < -0.4 is 4.72 Å². The van der Waals surface area contributed by atoms with Crippen molar-refractivity contribution in [3.05, 3.63) is 47.8 Å². The molecule has 9 heteroatoms. The highest BCUT2D eigenvalue weighted by Gasteiger charge is 2.24. The third-order valence-electron chi connectivity index (χ3n) is 3.34. The summed E-state index contributed by atoms with van der Waals surface area (Å²) in [5.41, 5.74) is 0. The Kier molecular flexibility index (Phi) is 6.45. The van der Waals surface area contributed by atoms with E-state index in [1.54, 1.807) is 22.8 Å². The molecule has 1 aromatic carbocycles. The summed E-state index contributed by atoms with van der Waals surface area (Å²) < 4.78 is 29.6. The summed E-state index contributed by atoms with van der Waals surface area (Å²) in [5.74, 6) is 1.28. The fourth-order valence-corrected chi connectivity index (χ4v) is 4.13. The summed E-state index contributed by atoms with van der Waals surface area (Å²) in [6, 6.07) is 5.56. The highest BCUT2D eigenvalue weighted by atomic mass is 35.5. The maximum Gasteiger partial charge on any atom is 0.241 e. The number of nitrogens with one attached hydrogen (secondary N) is 1. The molecule has 130 valence electrons. The van der Waals surface area contributed by atoms with Crippen LogP contribution in [0.1, 0.15) is 25.2 Å². The largest absolute Gasteiger partial charge is 0.308 e. The van der Waals surface area contributed by atoms with Crippen molar-refractivity contribution in [1.29, 1.82) is 0 Å². The maximum atomic E-state index is 12.5. The molecule has 1 N–H and O–H groups in total. The van der Waals surface area contributed by atoms with Crippen molar-refractivity contribution in [2.24, 2.45) is 7.05 Å². The van der Waals surface area contributed by atoms with Crippen LogP contribution in [0.3, 0.4) is 0 Å². The van der Waals surface area contributed by atoms with E-state index in [0.717, 1.165) is 0 Å². The number of sulfonamides is 1. The normalized spacial score (nSPS) is 13.0. The van der Waals surface area contributed by atoms with E-state index in [2.05, 4.69) is 21.5 Å². The SMILES string of the molecule is C=CCSc1nnc(C(CC)NS(=O)(=O)c2ccc(Cl)cc2)n1C. The third-order valence-corrected chi connectivity index (χ3v) is 6.10. The Labute approximate surface area is 151 Å². The first-order chi connectivity index (χ1) is 11.4. The van der Waals surface area contributed by atoms with E-state index in [4.69, 9.17) is 11.6 Å². The van der Waals surface area contributed by atoms with Crippen molar-refractivity contribution in [2.45, 2.75) is 29.4 Å². The Hall–Kier alpha value is -1.35. The van der Waals surface area contributed by atoms with Crippen molar-refractivity contribution >= 4 is 33.4 Å². The van der Waals surface area contributed by atoms with Gasteiger partial charge in [0.15, 0.2) is 11.0 Å². The zero-order chi connectivity index (χ0) is 17.7. The second-order valence-electron chi connectivity index (χ2n) is 5.04. The average molecular weight is 387 g/mol. The average Bonchev–Trinajstić information content (AvgIpc) is 2.92. The minimum Gasteiger partial charge on any atom is -0.308 e. The molecule has 1 heterocycles. The number of nitrogens with zero attached hydrogens (tertiary/aromatic N) is 3. The van der Waals surface area contributed by atoms with Gasteiger partial charge >= 0.3 is 0 Å². The van der Waals surface area contributed by atoms with E-state index in [0.29, 0.717) is 28.2 Å². The number of halogens is 1. The van der Waals surface area contributed by atoms with Crippen LogP contribution in [0.5, 0.6) is 0 Å². The van der Waals surface area contributed by atoms with Gasteiger partial charge in [-0.25, -0.2) is 13.1 Å². The van der Waals surface area contributed by atoms with Crippen molar-refractivity contribution in [2.75, 3.05) is 5.75 Å². The van der Waals surface area contributed by atoms with Crippen LogP contribution in [0.25, 0.3) is 0 Å². The second-order valence-corrected chi connectivity index (χ2v) is 8.17. The first-order valence-corrected chi connectivity index (χ1v) is 10.1. The first kappa shape index (κ1) is 19.0. The van der Waals surface area contributed by atoms with E-state index < -0.39 is 16.1 Å². The van der Waals surface area contributed by atoms with Gasteiger partial charge in [0.05, 0.1) is 10.9 Å². The highest BCUT2D eigenvalue weighted by Crippen LogP contribution is 2.23. The van der Waals surface area contributed by atoms with E-state index >= 15 is 0 Å². The van der Waals surface area contributed by atoms with Gasteiger partial charge in [-0.2, -0.15) is 0 Å². The lowest BCUT2D eigenvalue weighted by Gasteiger charge is -2.16. The van der Waals surface area contributed by atoms with Crippen LogP contribution >= 0.6 is 23.4 Å². The molecule has 0 bridgehead atoms. The minimum absolute atomic E-state index is 0.161. The number of hydrogen-bond donors (Lipinski definition) is 1. The molecule has 0 radical (unpaired) electrons. The Bertz CT molecular complexity index is 803. The zero-order valence-corrected chi connectivity index (χ0v) is 15.8. The van der Waals surface area contributed by atoms with E-state index in [1.165, 1.54) is 23.9 Å². The van der Waals surface area contributed by atoms with Crippen LogP contribution in [0, 0.1) is 0 Å². The molecule has 0 amide bonds. The Morgan fingerprint density at radius 1 is 1.38 bits per heavy atom. The third kappa shape index (κ3) is 4.38. The van der Waals surface area contributed by atoms with Crippen molar-refractivity contribution in [1.82, 2.24) is 19.5 Å². The number of aromatic nitrogens is 3. The second kappa shape index (κ2) is 8.15. The van der Waals surface area contributed by atoms with Gasteiger partial charge in [0, 0.05) is 17.8 Å². The van der Waals surface area contributed by atoms with Crippen LogP contribution in [-0.4, -0.2) is 28.9 Å². The Morgan fingerprint density at radius 2 is 2.04 bits per heavy atom. The predicted octanol–water partition coefficient (Wildman–Crippen LogP) is 3.18. The van der Waals surface area contributed by atoms with E-state index in [9.17, 15) is 8.42 Å². The van der Waals surface area contributed by atoms with E-state index in [1.807, 2.05) is 14.0 Å². The van der Waals surface area contributed by atoms with Gasteiger partial charge in [-0.15, -0.1) is 16.8 Å². The van der Waals surface area contributed by atoms with Crippen LogP contribution in [0.15, 0.2) is 47.0 Å². The molecule has 24 heavy (non-hydrogen) atoms. The smallest absolute Gasteiger partial charge is 0.241 e. The molecule has 0 aliphatic heterocycles. The minimum atomic E-state index is -3.67. The van der Waals surface area contributed by atoms with Gasteiger partial charge in [-0.05, 0) is 30.7 Å². The molecule has 0 spiro atoms. The van der Waals surface area contributed by atoms with Crippen molar-refractivity contribution in [3.63, 3.8) is 0 Å². The summed E-state index contributed by atoms with van der Waals surface area (Å²) in [6.07, 6.45) is 2.32. The molecule has 0 aliphatic carbocycles. The lowest BCUT2D eigenvalue weighted by Crippen LogP contribution is -2.30. The topological polar surface area (TPSA) is 76.9 Å². The molecular weight excluding hydrogens is 368 g/mol. The number of benzene rings is 1. The van der Waals surface area contributed by atoms with Crippen molar-refractivity contribution < 1.29 is 8.42 Å². The Balaban J connectivity index is 2.24. The predicted molar refractivity (Wildman–Crippen MR) is 96.7 cm³/mol. The summed E-state index contributed by atoms with van der Waals surface area (Å²) >= 11 is 7.30. The summed E-state index contributed by atoms with van der Waals surface area (Å²) in [5, 5.41) is 9.45. The lowest BCUT2D eigenvalue weighted by molar-refractivity contribution is 0.523. The molecular formula is C15H19ClN4O2S2. The zero-order valence-electron chi connectivity index (χ0n) is 13.4. The quantitative estimate of drug-likeness (QED) is 0.557. The van der Waals surface area contributed by atoms with Gasteiger partial charge in [0.2, 0.25) is 10.0 Å². The highest BCUT2D eigenvalue weighted by molar-refractivity contribution is 7.99. The van der Waals surface area contributed by atoms with E-state index in [-0.39, 0.29) is 4.90 Å². The number of rotatable bonds is 8. The molecule has 1 aromatic heterocycles.